The van der Waals surface area contributed by atoms with Crippen molar-refractivity contribution in [1.29, 1.82) is 0 Å². The molecule has 2 saturated heterocycles. The summed E-state index contributed by atoms with van der Waals surface area (Å²) in [4.78, 5) is 42.8. The zero-order valence-electron chi connectivity index (χ0n) is 33.9. The number of hydrogen-bond donors (Lipinski definition) is 3. The minimum Gasteiger partial charge on any atom is -0.317 e. The van der Waals surface area contributed by atoms with Crippen LogP contribution in [-0.4, -0.2) is 91.9 Å². The van der Waals surface area contributed by atoms with E-state index in [1.807, 2.05) is 12.1 Å². The molecule has 336 valence electrons. The fraction of sp³-hybridized carbons (Fsp3) is 0.227. The van der Waals surface area contributed by atoms with Gasteiger partial charge < -0.3 is 16.0 Å². The minimum atomic E-state index is -3.77. The first kappa shape index (κ1) is 46.8. The van der Waals surface area contributed by atoms with Crippen molar-refractivity contribution in [2.75, 3.05) is 26.2 Å². The molecule has 21 heteroatoms. The van der Waals surface area contributed by atoms with Crippen LogP contribution in [0.5, 0.6) is 0 Å². The van der Waals surface area contributed by atoms with Crippen molar-refractivity contribution in [2.24, 2.45) is 9.98 Å². The van der Waals surface area contributed by atoms with Gasteiger partial charge in [0.2, 0.25) is 10.0 Å². The van der Waals surface area contributed by atoms with E-state index in [0.29, 0.717) is 61.2 Å². The van der Waals surface area contributed by atoms with E-state index in [-0.39, 0.29) is 47.5 Å². The maximum absolute atomic E-state index is 13.4. The summed E-state index contributed by atoms with van der Waals surface area (Å²) in [5.41, 5.74) is 0.509. The van der Waals surface area contributed by atoms with Crippen LogP contribution in [0.4, 0.5) is 0 Å². The highest BCUT2D eigenvalue weighted by molar-refractivity contribution is 8.14. The van der Waals surface area contributed by atoms with E-state index >= 15 is 0 Å². The van der Waals surface area contributed by atoms with Gasteiger partial charge in [-0.15, -0.1) is 0 Å². The highest BCUT2D eigenvalue weighted by Gasteiger charge is 2.48. The van der Waals surface area contributed by atoms with E-state index in [0.717, 1.165) is 29.4 Å². The predicted octanol–water partition coefficient (Wildman–Crippen LogP) is 7.80. The molecule has 2 aromatic heterocycles. The Bertz CT molecular complexity index is 3150. The highest BCUT2D eigenvalue weighted by Crippen LogP contribution is 2.36. The van der Waals surface area contributed by atoms with Crippen LogP contribution in [0.3, 0.4) is 0 Å². The first-order valence-electron chi connectivity index (χ1n) is 20.1. The van der Waals surface area contributed by atoms with Crippen LogP contribution < -0.4 is 16.0 Å². The number of aromatic nitrogens is 2. The number of benzene rings is 4. The van der Waals surface area contributed by atoms with Crippen LogP contribution in [0.25, 0.3) is 21.8 Å². The molecular weight excluding hydrogens is 978 g/mol. The summed E-state index contributed by atoms with van der Waals surface area (Å²) in [5.74, 6) is 0.650. The second-order valence-electron chi connectivity index (χ2n) is 15.4. The molecule has 6 aromatic rings. The molecule has 65 heavy (non-hydrogen) atoms. The van der Waals surface area contributed by atoms with Crippen molar-refractivity contribution in [2.45, 2.75) is 46.6 Å². The summed E-state index contributed by atoms with van der Waals surface area (Å²) in [7, 11) is -2.22. The number of amidine groups is 2. The summed E-state index contributed by atoms with van der Waals surface area (Å²) in [6.45, 7) is 1.95. The molecule has 3 N–H and O–H groups in total. The lowest BCUT2D eigenvalue weighted by molar-refractivity contribution is -0.125. The SMILES string of the molecule is O=C1NC(c2ccc(Cl)cc2Cl)=NC12CCN(S(=O)(=O)c1cccc3cccnc13)CC2.O=C1NC(c2ccc(Cl)cc2Cl)=NC12CCNCC2.O=S(=O)(Cl)c1cccc2cccnc12. The Morgan fingerprint density at radius 1 is 0.569 bits per heavy atom. The second-order valence-corrected chi connectivity index (χ2v) is 21.5. The number of piperidine rings is 2. The van der Waals surface area contributed by atoms with Gasteiger partial charge in [0.15, 0.2) is 0 Å². The van der Waals surface area contributed by atoms with Crippen molar-refractivity contribution in [3.8, 4) is 0 Å². The van der Waals surface area contributed by atoms with Crippen LogP contribution in [0, 0.1) is 0 Å². The van der Waals surface area contributed by atoms with E-state index in [2.05, 4.69) is 35.9 Å². The summed E-state index contributed by atoms with van der Waals surface area (Å²) in [6.07, 6.45) is 5.08. The zero-order chi connectivity index (χ0) is 46.1. The van der Waals surface area contributed by atoms with Crippen molar-refractivity contribution >= 4 is 121 Å². The maximum Gasteiger partial charge on any atom is 0.263 e. The average Bonchev–Trinajstić information content (AvgIpc) is 3.76. The number of carbonyl (C=O) groups is 2. The first-order chi connectivity index (χ1) is 31.0. The summed E-state index contributed by atoms with van der Waals surface area (Å²) >= 11 is 24.3. The number of para-hydroxylation sites is 2. The predicted molar refractivity (Wildman–Crippen MR) is 254 cm³/mol. The van der Waals surface area contributed by atoms with Gasteiger partial charge in [-0.25, -0.2) is 16.8 Å². The standard InChI is InChI=1S/C22H18Cl2N4O3S.C13H13Cl2N3O.C9H6ClNO2S/c23-15-6-7-16(17(24)13-15)20-26-21(29)22(27-20)8-11-28(12-9-22)32(30,31)18-5-1-3-14-4-2-10-25-19(14)18;14-8-1-2-9(10(15)7-8)11-17-12(19)13(18-11)3-5-16-6-4-13;10-14(12,13)8-5-1-3-7-4-2-6-11-9(7)8/h1-7,10,13H,8-9,11-12H2,(H,26,27,29);1-2,7,16H,3-6H2,(H,17,18,19);1-6H. The van der Waals surface area contributed by atoms with Gasteiger partial charge in [0.05, 0.1) is 21.1 Å². The number of fused-ring (bicyclic) bond motifs is 2. The van der Waals surface area contributed by atoms with Gasteiger partial charge in [0.1, 0.15) is 32.5 Å². The third kappa shape index (κ3) is 9.73. The quantitative estimate of drug-likeness (QED) is 0.145. The summed E-state index contributed by atoms with van der Waals surface area (Å²) < 4.78 is 50.5. The smallest absolute Gasteiger partial charge is 0.263 e. The van der Waals surface area contributed by atoms with Crippen molar-refractivity contribution in [1.82, 2.24) is 30.2 Å². The molecule has 2 amide bonds. The van der Waals surface area contributed by atoms with Crippen molar-refractivity contribution in [3.05, 3.63) is 141 Å². The van der Waals surface area contributed by atoms with Crippen LogP contribution >= 0.6 is 57.1 Å². The Balaban J connectivity index is 0.000000147. The number of nitrogens with one attached hydrogen (secondary N) is 3. The molecule has 0 bridgehead atoms. The summed E-state index contributed by atoms with van der Waals surface area (Å²) in [6, 6.07) is 27.2. The van der Waals surface area contributed by atoms with Crippen molar-refractivity contribution < 1.29 is 26.4 Å². The molecule has 14 nitrogen and oxygen atoms in total. The highest BCUT2D eigenvalue weighted by atomic mass is 35.7. The van der Waals surface area contributed by atoms with Gasteiger partial charge in [-0.3, -0.25) is 29.5 Å². The molecule has 0 aliphatic carbocycles. The Kier molecular flexibility index (Phi) is 13.6. The molecule has 6 heterocycles. The third-order valence-electron chi connectivity index (χ3n) is 11.4. The molecular formula is C44H37Cl5N8O6S2. The molecule has 0 saturated carbocycles. The molecule has 0 atom stereocenters. The number of rotatable bonds is 5. The fourth-order valence-electron chi connectivity index (χ4n) is 7.96. The lowest BCUT2D eigenvalue weighted by atomic mass is 9.89. The largest absolute Gasteiger partial charge is 0.317 e. The first-order valence-corrected chi connectivity index (χ1v) is 25.3. The molecule has 4 aliphatic rings. The Morgan fingerprint density at radius 3 is 1.49 bits per heavy atom. The molecule has 0 unspecified atom stereocenters. The van der Waals surface area contributed by atoms with Gasteiger partial charge in [0.25, 0.3) is 20.9 Å². The minimum absolute atomic E-state index is 0.0324. The van der Waals surface area contributed by atoms with Crippen LogP contribution in [0.1, 0.15) is 36.8 Å². The zero-order valence-corrected chi connectivity index (χ0v) is 39.4. The van der Waals surface area contributed by atoms with E-state index < -0.39 is 30.2 Å². The van der Waals surface area contributed by atoms with Crippen LogP contribution in [0.2, 0.25) is 20.1 Å². The number of aliphatic imine (C=N–C) groups is 2. The topological polar surface area (TPSA) is 192 Å². The number of pyridine rings is 2. The molecule has 0 radical (unpaired) electrons. The van der Waals surface area contributed by atoms with Gasteiger partial charge in [-0.1, -0.05) is 82.8 Å². The second kappa shape index (κ2) is 18.9. The summed E-state index contributed by atoms with van der Waals surface area (Å²) in [5, 5.41) is 12.3. The molecule has 4 aliphatic heterocycles. The third-order valence-corrected chi connectivity index (χ3v) is 15.8. The monoisotopic (exact) mass is 1010 g/mol. The van der Waals surface area contributed by atoms with E-state index in [1.54, 1.807) is 85.1 Å². The van der Waals surface area contributed by atoms with E-state index in [4.69, 9.17) is 57.1 Å². The van der Waals surface area contributed by atoms with E-state index in [9.17, 15) is 26.4 Å². The Hall–Kier alpha value is -4.75. The Morgan fingerprint density at radius 2 is 1.02 bits per heavy atom. The number of amides is 2. The number of halogens is 5. The van der Waals surface area contributed by atoms with Crippen molar-refractivity contribution in [3.63, 3.8) is 0 Å². The number of carbonyl (C=O) groups excluding carboxylic acids is 2. The van der Waals surface area contributed by atoms with Gasteiger partial charge in [-0.2, -0.15) is 4.31 Å². The van der Waals surface area contributed by atoms with Crippen LogP contribution in [-0.2, 0) is 28.7 Å². The lowest BCUT2D eigenvalue weighted by Gasteiger charge is -2.34. The number of sulfonamides is 1. The molecule has 2 fully saturated rings. The Labute approximate surface area is 398 Å². The van der Waals surface area contributed by atoms with E-state index in [1.165, 1.54) is 16.6 Å². The number of hydrogen-bond acceptors (Lipinski definition) is 11. The van der Waals surface area contributed by atoms with Gasteiger partial charge in [0, 0.05) is 68.1 Å². The normalized spacial score (nSPS) is 18.0. The maximum atomic E-state index is 13.4. The van der Waals surface area contributed by atoms with Crippen LogP contribution in [0.15, 0.2) is 129 Å². The molecule has 4 aromatic carbocycles. The molecule has 10 rings (SSSR count). The fourth-order valence-corrected chi connectivity index (χ4v) is 11.6. The number of nitrogens with zero attached hydrogens (tertiary/aromatic N) is 5. The molecule has 2 spiro atoms. The lowest BCUT2D eigenvalue weighted by Crippen LogP contribution is -2.50. The average molecular weight is 1020 g/mol. The van der Waals surface area contributed by atoms with Gasteiger partial charge >= 0.3 is 0 Å². The van der Waals surface area contributed by atoms with Gasteiger partial charge in [-0.05, 0) is 99.4 Å².